The van der Waals surface area contributed by atoms with Crippen LogP contribution in [0.15, 0.2) is 18.5 Å². The molecule has 0 amide bonds. The van der Waals surface area contributed by atoms with Crippen LogP contribution in [-0.4, -0.2) is 66.8 Å². The van der Waals surface area contributed by atoms with E-state index in [1.807, 2.05) is 19.2 Å². The molecular weight excluding hydrogens is 357 g/mol. The van der Waals surface area contributed by atoms with Gasteiger partial charge in [-0.15, -0.1) is 0 Å². The third-order valence-corrected chi connectivity index (χ3v) is 5.23. The van der Waals surface area contributed by atoms with Gasteiger partial charge < -0.3 is 0 Å². The summed E-state index contributed by atoms with van der Waals surface area (Å²) in [7, 11) is 5.23. The number of fused-ring (bicyclic) bond motifs is 1. The van der Waals surface area contributed by atoms with Crippen LogP contribution in [-0.2, 0) is 17.0 Å². The van der Waals surface area contributed by atoms with Gasteiger partial charge in [0, 0.05) is 0 Å². The van der Waals surface area contributed by atoms with Crippen LogP contribution >= 0.6 is 0 Å². The van der Waals surface area contributed by atoms with E-state index in [0.717, 1.165) is 53.8 Å². The predicted molar refractivity (Wildman–Crippen MR) is 95.1 cm³/mol. The number of hydrogen-bond donors (Lipinski definition) is 1. The first-order valence-electron chi connectivity index (χ1n) is 8.28. The molecule has 0 bridgehead atoms. The van der Waals surface area contributed by atoms with Crippen LogP contribution in [0.2, 0.25) is 0 Å². The van der Waals surface area contributed by atoms with Gasteiger partial charge in [0.05, 0.1) is 0 Å². The van der Waals surface area contributed by atoms with Crippen LogP contribution in [0, 0.1) is 0 Å². The van der Waals surface area contributed by atoms with Crippen LogP contribution in [0.5, 0.6) is 11.5 Å². The summed E-state index contributed by atoms with van der Waals surface area (Å²) in [5, 5.41) is 4.20. The molecule has 25 heavy (non-hydrogen) atoms. The minimum atomic E-state index is 0.679. The first-order chi connectivity index (χ1) is 12.2. The molecule has 0 atom stereocenters. The first kappa shape index (κ1) is 18.1. The van der Waals surface area contributed by atoms with Gasteiger partial charge in [0.25, 0.3) is 0 Å². The Morgan fingerprint density at radius 3 is 2.56 bits per heavy atom. The summed E-state index contributed by atoms with van der Waals surface area (Å²) in [6.07, 6.45) is 2.69. The van der Waals surface area contributed by atoms with Crippen LogP contribution in [0.4, 0.5) is 5.82 Å². The van der Waals surface area contributed by atoms with E-state index >= 15 is 0 Å². The standard InChI is InChI=1S/C17H23N5O2.V/c1-18-12-21-5-4-6-22(8-7-21)17-13-9-15(23-2)16(24-3)10-14(13)19-11-20-17;/h9-11,18H,4-8H2,1-3H3;. The van der Waals surface area contributed by atoms with Gasteiger partial charge in [-0.2, -0.15) is 0 Å². The number of anilines is 1. The Labute approximate surface area is 156 Å². The zero-order valence-corrected chi connectivity index (χ0v) is 16.2. The average Bonchev–Trinajstić information content (AvgIpc) is 2.91. The van der Waals surface area contributed by atoms with E-state index in [2.05, 4.69) is 42.1 Å². The molecule has 1 N–H and O–H groups in total. The number of rotatable bonds is 5. The van der Waals surface area contributed by atoms with Gasteiger partial charge in [0.1, 0.15) is 0 Å². The number of ether oxygens (including phenoxy) is 2. The fraction of sp³-hybridized carbons (Fsp3) is 0.471. The molecule has 3 rings (SSSR count). The van der Waals surface area contributed by atoms with Crippen LogP contribution in [0.25, 0.3) is 10.9 Å². The van der Waals surface area contributed by atoms with Gasteiger partial charge in [-0.05, 0) is 0 Å². The van der Waals surface area contributed by atoms with Crippen molar-refractivity contribution in [3.05, 3.63) is 18.5 Å². The Bertz CT molecular complexity index is 770. The molecule has 1 aromatic heterocycles. The van der Waals surface area contributed by atoms with E-state index in [1.54, 1.807) is 20.5 Å². The number of aromatic nitrogens is 2. The second-order valence-corrected chi connectivity index (χ2v) is 6.48. The van der Waals surface area contributed by atoms with E-state index in [0.29, 0.717) is 11.5 Å². The molecule has 0 aliphatic carbocycles. The van der Waals surface area contributed by atoms with Gasteiger partial charge in [0.15, 0.2) is 0 Å². The second-order valence-electron chi connectivity index (χ2n) is 5.82. The molecule has 0 saturated carbocycles. The number of nitrogens with zero attached hydrogens (tertiary/aromatic N) is 4. The van der Waals surface area contributed by atoms with Crippen molar-refractivity contribution in [2.75, 3.05) is 52.3 Å². The molecule has 0 spiro atoms. The number of hydrogen-bond acceptors (Lipinski definition) is 7. The Morgan fingerprint density at radius 2 is 1.84 bits per heavy atom. The van der Waals surface area contributed by atoms with Gasteiger partial charge in [0.2, 0.25) is 0 Å². The van der Waals surface area contributed by atoms with Crippen molar-refractivity contribution in [2.45, 2.75) is 6.42 Å². The van der Waals surface area contributed by atoms with E-state index in [-0.39, 0.29) is 0 Å². The Balaban J connectivity index is 1.94. The van der Waals surface area contributed by atoms with Crippen molar-refractivity contribution in [3.63, 3.8) is 0 Å². The monoisotopic (exact) mass is 380 g/mol. The summed E-state index contributed by atoms with van der Waals surface area (Å²) in [4.78, 5) is 13.6. The van der Waals surface area contributed by atoms with Gasteiger partial charge >= 0.3 is 157 Å². The normalized spacial score (nSPS) is 15.8. The van der Waals surface area contributed by atoms with E-state index < -0.39 is 0 Å². The molecule has 1 aromatic carbocycles. The summed E-state index contributed by atoms with van der Waals surface area (Å²) in [5.41, 5.74) is 0.860. The van der Waals surface area contributed by atoms with Gasteiger partial charge in [-0.25, -0.2) is 0 Å². The molecule has 1 saturated heterocycles. The summed E-state index contributed by atoms with van der Waals surface area (Å²) in [6.45, 7) is 3.84. The predicted octanol–water partition coefficient (Wildman–Crippen LogP) is 1.01. The third kappa shape index (κ3) is 3.79. The van der Waals surface area contributed by atoms with Crippen molar-refractivity contribution in [1.29, 1.82) is 0 Å². The number of methoxy groups -OCH3 is 2. The van der Waals surface area contributed by atoms with Crippen molar-refractivity contribution in [3.8, 4) is 11.5 Å². The van der Waals surface area contributed by atoms with Crippen molar-refractivity contribution >= 4 is 21.2 Å². The zero-order valence-electron chi connectivity index (χ0n) is 14.8. The van der Waals surface area contributed by atoms with Crippen molar-refractivity contribution < 1.29 is 26.5 Å². The molecule has 1 aliphatic rings. The fourth-order valence-corrected chi connectivity index (χ4v) is 3.43. The summed E-state index contributed by atoms with van der Waals surface area (Å²) < 4.78 is 12.0. The maximum atomic E-state index is 5.45. The summed E-state index contributed by atoms with van der Waals surface area (Å²) >= 11 is 2.61. The third-order valence-electron chi connectivity index (χ3n) is 4.44. The van der Waals surface area contributed by atoms with Gasteiger partial charge in [-0.1, -0.05) is 0 Å². The van der Waals surface area contributed by atoms with Crippen molar-refractivity contribution in [1.82, 2.24) is 20.2 Å². The maximum absolute atomic E-state index is 5.45. The average molecular weight is 380 g/mol. The second kappa shape index (κ2) is 8.14. The van der Waals surface area contributed by atoms with Crippen LogP contribution < -0.4 is 19.7 Å². The molecule has 1 fully saturated rings. The molecule has 7 nitrogen and oxygen atoms in total. The molecule has 1 aliphatic heterocycles. The molecule has 0 unspecified atom stereocenters. The van der Waals surface area contributed by atoms with E-state index in [1.165, 1.54) is 0 Å². The number of benzene rings is 1. The summed E-state index contributed by atoms with van der Waals surface area (Å²) in [6, 6.07) is 3.87. The molecule has 2 heterocycles. The molecule has 133 valence electrons. The molecule has 2 aromatic rings. The summed E-state index contributed by atoms with van der Waals surface area (Å²) in [5.74, 6) is 2.32. The Morgan fingerprint density at radius 1 is 1.08 bits per heavy atom. The zero-order chi connectivity index (χ0) is 17.8. The first-order valence-corrected chi connectivity index (χ1v) is 8.98. The Hall–Kier alpha value is -1.67. The number of nitrogens with one attached hydrogen (secondary N) is 1. The Kier molecular flexibility index (Phi) is 5.91. The fourth-order valence-electron chi connectivity index (χ4n) is 3.12. The topological polar surface area (TPSA) is 62.8 Å². The van der Waals surface area contributed by atoms with E-state index in [4.69, 9.17) is 9.47 Å². The van der Waals surface area contributed by atoms with Crippen molar-refractivity contribution in [2.24, 2.45) is 0 Å². The molecular formula is C17H23N5O2V. The van der Waals surface area contributed by atoms with Crippen LogP contribution in [0.3, 0.4) is 0 Å². The van der Waals surface area contributed by atoms with E-state index in [9.17, 15) is 0 Å². The van der Waals surface area contributed by atoms with Gasteiger partial charge in [-0.3, -0.25) is 0 Å². The molecule has 8 heteroatoms. The quantitative estimate of drug-likeness (QED) is 0.831. The SMILES string of the molecule is CN[C](=[V])N1CCCN(c2ncnc3cc(OC)c(OC)cc23)CC1. The van der Waals surface area contributed by atoms with Crippen LogP contribution in [0.1, 0.15) is 6.42 Å². The molecule has 0 radical (unpaired) electrons. The minimum absolute atomic E-state index is 0.679.